The summed E-state index contributed by atoms with van der Waals surface area (Å²) < 4.78 is 5.29. The molecule has 1 aromatic heterocycles. The predicted octanol–water partition coefficient (Wildman–Crippen LogP) is 0.877. The highest BCUT2D eigenvalue weighted by atomic mass is 16.5. The van der Waals surface area contributed by atoms with Crippen LogP contribution in [0.2, 0.25) is 0 Å². The topological polar surface area (TPSA) is 45.3 Å². The van der Waals surface area contributed by atoms with Gasteiger partial charge in [0.15, 0.2) is 0 Å². The van der Waals surface area contributed by atoms with Crippen molar-refractivity contribution in [2.24, 2.45) is 0 Å². The van der Waals surface area contributed by atoms with Crippen LogP contribution in [0.15, 0.2) is 18.3 Å². The van der Waals surface area contributed by atoms with Crippen LogP contribution in [0.3, 0.4) is 0 Å². The molecule has 0 unspecified atom stereocenters. The SMILES string of the molecule is O=C(c1ccc[nH]1)N1CCCOCC1. The normalized spacial score (nSPS) is 17.9. The fraction of sp³-hybridized carbons (Fsp3) is 0.500. The van der Waals surface area contributed by atoms with Crippen LogP contribution >= 0.6 is 0 Å². The molecule has 4 nitrogen and oxygen atoms in total. The van der Waals surface area contributed by atoms with Crippen LogP contribution in [0.25, 0.3) is 0 Å². The van der Waals surface area contributed by atoms with Crippen molar-refractivity contribution in [1.82, 2.24) is 9.88 Å². The van der Waals surface area contributed by atoms with Crippen LogP contribution in [0.5, 0.6) is 0 Å². The first-order valence-electron chi connectivity index (χ1n) is 4.88. The van der Waals surface area contributed by atoms with Crippen molar-refractivity contribution in [3.8, 4) is 0 Å². The van der Waals surface area contributed by atoms with Crippen molar-refractivity contribution in [3.05, 3.63) is 24.0 Å². The quantitative estimate of drug-likeness (QED) is 0.721. The minimum absolute atomic E-state index is 0.0699. The summed E-state index contributed by atoms with van der Waals surface area (Å²) in [5.41, 5.74) is 0.659. The van der Waals surface area contributed by atoms with Crippen molar-refractivity contribution in [2.75, 3.05) is 26.3 Å². The molecule has 0 bridgehead atoms. The van der Waals surface area contributed by atoms with E-state index in [4.69, 9.17) is 4.74 Å². The first kappa shape index (κ1) is 9.27. The van der Waals surface area contributed by atoms with Crippen molar-refractivity contribution in [2.45, 2.75) is 6.42 Å². The molecule has 1 saturated heterocycles. The minimum Gasteiger partial charge on any atom is -0.380 e. The Hall–Kier alpha value is -1.29. The zero-order valence-electron chi connectivity index (χ0n) is 8.03. The van der Waals surface area contributed by atoms with Gasteiger partial charge in [0.25, 0.3) is 5.91 Å². The number of ether oxygens (including phenoxy) is 1. The Kier molecular flexibility index (Phi) is 2.84. The van der Waals surface area contributed by atoms with Gasteiger partial charge in [-0.25, -0.2) is 0 Å². The van der Waals surface area contributed by atoms with E-state index in [0.717, 1.165) is 19.6 Å². The molecule has 76 valence electrons. The predicted molar refractivity (Wildman–Crippen MR) is 52.1 cm³/mol. The lowest BCUT2D eigenvalue weighted by atomic mass is 10.3. The second kappa shape index (κ2) is 4.28. The van der Waals surface area contributed by atoms with Gasteiger partial charge in [-0.1, -0.05) is 0 Å². The molecule has 2 heterocycles. The van der Waals surface area contributed by atoms with Gasteiger partial charge in [0.2, 0.25) is 0 Å². The van der Waals surface area contributed by atoms with Gasteiger partial charge in [0.05, 0.1) is 6.61 Å². The number of amides is 1. The lowest BCUT2D eigenvalue weighted by Gasteiger charge is -2.18. The van der Waals surface area contributed by atoms with E-state index in [2.05, 4.69) is 4.98 Å². The molecule has 14 heavy (non-hydrogen) atoms. The summed E-state index contributed by atoms with van der Waals surface area (Å²) in [5, 5.41) is 0. The van der Waals surface area contributed by atoms with Crippen LogP contribution in [-0.2, 0) is 4.74 Å². The highest BCUT2D eigenvalue weighted by Gasteiger charge is 2.17. The number of nitrogens with zero attached hydrogens (tertiary/aromatic N) is 1. The number of nitrogens with one attached hydrogen (secondary N) is 1. The maximum Gasteiger partial charge on any atom is 0.270 e. The molecule has 2 rings (SSSR count). The van der Waals surface area contributed by atoms with Crippen LogP contribution in [0.4, 0.5) is 0 Å². The molecule has 4 heteroatoms. The fourth-order valence-corrected chi connectivity index (χ4v) is 1.58. The number of H-pyrrole nitrogens is 1. The van der Waals surface area contributed by atoms with Crippen molar-refractivity contribution >= 4 is 5.91 Å². The summed E-state index contributed by atoms with van der Waals surface area (Å²) >= 11 is 0. The molecule has 0 spiro atoms. The van der Waals surface area contributed by atoms with E-state index < -0.39 is 0 Å². The average molecular weight is 194 g/mol. The molecule has 1 N–H and O–H groups in total. The molecule has 0 radical (unpaired) electrons. The largest absolute Gasteiger partial charge is 0.380 e. The highest BCUT2D eigenvalue weighted by molar-refractivity contribution is 5.92. The summed E-state index contributed by atoms with van der Waals surface area (Å²) in [6.07, 6.45) is 2.69. The van der Waals surface area contributed by atoms with E-state index in [0.29, 0.717) is 18.8 Å². The lowest BCUT2D eigenvalue weighted by molar-refractivity contribution is 0.0736. The van der Waals surface area contributed by atoms with Crippen molar-refractivity contribution in [1.29, 1.82) is 0 Å². The molecule has 1 amide bonds. The molecule has 0 aromatic carbocycles. The summed E-state index contributed by atoms with van der Waals surface area (Å²) in [7, 11) is 0. The number of carbonyl (C=O) groups excluding carboxylic acids is 1. The van der Waals surface area contributed by atoms with E-state index >= 15 is 0 Å². The third-order valence-electron chi connectivity index (χ3n) is 2.34. The van der Waals surface area contributed by atoms with Gasteiger partial charge < -0.3 is 14.6 Å². The Morgan fingerprint density at radius 2 is 2.36 bits per heavy atom. The average Bonchev–Trinajstić information content (AvgIpc) is 2.59. The van der Waals surface area contributed by atoms with Crippen LogP contribution in [-0.4, -0.2) is 42.1 Å². The summed E-state index contributed by atoms with van der Waals surface area (Å²) in [4.78, 5) is 16.6. The number of hydrogen-bond donors (Lipinski definition) is 1. The standard InChI is InChI=1S/C10H14N2O2/c13-10(9-3-1-4-11-9)12-5-2-7-14-8-6-12/h1,3-4,11H,2,5-8H2. The van der Waals surface area contributed by atoms with Crippen LogP contribution in [0, 0.1) is 0 Å². The van der Waals surface area contributed by atoms with Gasteiger partial charge in [0.1, 0.15) is 5.69 Å². The van der Waals surface area contributed by atoms with Crippen LogP contribution < -0.4 is 0 Å². The van der Waals surface area contributed by atoms with Gasteiger partial charge in [-0.05, 0) is 18.6 Å². The third kappa shape index (κ3) is 1.96. The number of aromatic amines is 1. The Morgan fingerprint density at radius 3 is 3.14 bits per heavy atom. The summed E-state index contributed by atoms with van der Waals surface area (Å²) in [6.45, 7) is 2.89. The molecule has 0 saturated carbocycles. The first-order chi connectivity index (χ1) is 6.88. The molecule has 0 aliphatic carbocycles. The van der Waals surface area contributed by atoms with Gasteiger partial charge >= 0.3 is 0 Å². The maximum atomic E-state index is 11.9. The number of aromatic nitrogens is 1. The Balaban J connectivity index is 2.03. The maximum absolute atomic E-state index is 11.9. The minimum atomic E-state index is 0.0699. The van der Waals surface area contributed by atoms with E-state index in [9.17, 15) is 4.79 Å². The van der Waals surface area contributed by atoms with Crippen molar-refractivity contribution < 1.29 is 9.53 Å². The smallest absolute Gasteiger partial charge is 0.270 e. The number of hydrogen-bond acceptors (Lipinski definition) is 2. The zero-order chi connectivity index (χ0) is 9.80. The molecular formula is C10H14N2O2. The molecular weight excluding hydrogens is 180 g/mol. The molecule has 1 aliphatic heterocycles. The molecule has 1 fully saturated rings. The first-order valence-corrected chi connectivity index (χ1v) is 4.88. The number of rotatable bonds is 1. The molecule has 1 aliphatic rings. The Labute approximate surface area is 82.9 Å². The van der Waals surface area contributed by atoms with Gasteiger partial charge in [-0.15, -0.1) is 0 Å². The van der Waals surface area contributed by atoms with Crippen molar-refractivity contribution in [3.63, 3.8) is 0 Å². The van der Waals surface area contributed by atoms with E-state index in [1.54, 1.807) is 12.3 Å². The molecule has 1 aromatic rings. The molecule has 0 atom stereocenters. The van der Waals surface area contributed by atoms with E-state index in [1.165, 1.54) is 0 Å². The third-order valence-corrected chi connectivity index (χ3v) is 2.34. The zero-order valence-corrected chi connectivity index (χ0v) is 8.03. The Morgan fingerprint density at radius 1 is 1.43 bits per heavy atom. The van der Waals surface area contributed by atoms with Gasteiger partial charge in [0, 0.05) is 25.9 Å². The van der Waals surface area contributed by atoms with E-state index in [-0.39, 0.29) is 5.91 Å². The monoisotopic (exact) mass is 194 g/mol. The second-order valence-electron chi connectivity index (χ2n) is 3.34. The van der Waals surface area contributed by atoms with E-state index in [1.807, 2.05) is 11.0 Å². The highest BCUT2D eigenvalue weighted by Crippen LogP contribution is 2.05. The van der Waals surface area contributed by atoms with Gasteiger partial charge in [-0.3, -0.25) is 4.79 Å². The fourth-order valence-electron chi connectivity index (χ4n) is 1.58. The van der Waals surface area contributed by atoms with Crippen LogP contribution in [0.1, 0.15) is 16.9 Å². The number of carbonyl (C=O) groups is 1. The summed E-state index contributed by atoms with van der Waals surface area (Å²) in [5.74, 6) is 0.0699. The van der Waals surface area contributed by atoms with Gasteiger partial charge in [-0.2, -0.15) is 0 Å². The Bertz CT molecular complexity index is 287. The second-order valence-corrected chi connectivity index (χ2v) is 3.34. The summed E-state index contributed by atoms with van der Waals surface area (Å²) in [6, 6.07) is 3.63. The lowest BCUT2D eigenvalue weighted by Crippen LogP contribution is -2.33.